The molecule has 7 nitrogen and oxygen atoms in total. The first-order valence-electron chi connectivity index (χ1n) is 10.2. The van der Waals surface area contributed by atoms with Crippen molar-refractivity contribution >= 4 is 23.2 Å². The Morgan fingerprint density at radius 3 is 2.30 bits per heavy atom. The Hall–Kier alpha value is -3.06. The van der Waals surface area contributed by atoms with Gasteiger partial charge in [0.15, 0.2) is 0 Å². The van der Waals surface area contributed by atoms with E-state index in [1.807, 2.05) is 31.2 Å². The van der Waals surface area contributed by atoms with Gasteiger partial charge >= 0.3 is 0 Å². The van der Waals surface area contributed by atoms with Crippen LogP contribution >= 0.6 is 0 Å². The molecule has 0 fully saturated rings. The Bertz CT molecular complexity index is 791. The average molecular weight is 414 g/mol. The van der Waals surface area contributed by atoms with Crippen LogP contribution in [0.5, 0.6) is 5.75 Å². The Balaban J connectivity index is 1.76. The predicted molar refractivity (Wildman–Crippen MR) is 119 cm³/mol. The fraction of sp³-hybridized carbons (Fsp3) is 0.391. The van der Waals surface area contributed by atoms with Gasteiger partial charge in [-0.3, -0.25) is 9.59 Å². The maximum Gasteiger partial charge on any atom is 0.251 e. The summed E-state index contributed by atoms with van der Waals surface area (Å²) >= 11 is 0. The van der Waals surface area contributed by atoms with E-state index in [-0.39, 0.29) is 24.5 Å². The summed E-state index contributed by atoms with van der Waals surface area (Å²) in [7, 11) is 1.63. The minimum Gasteiger partial charge on any atom is -0.491 e. The molecule has 0 heterocycles. The van der Waals surface area contributed by atoms with E-state index in [4.69, 9.17) is 9.47 Å². The van der Waals surface area contributed by atoms with Crippen LogP contribution < -0.4 is 20.7 Å². The summed E-state index contributed by atoms with van der Waals surface area (Å²) < 4.78 is 10.7. The van der Waals surface area contributed by atoms with Crippen LogP contribution in [0.3, 0.4) is 0 Å². The van der Waals surface area contributed by atoms with Crippen LogP contribution in [-0.4, -0.2) is 44.7 Å². The quantitative estimate of drug-likeness (QED) is 0.462. The normalized spacial score (nSPS) is 11.4. The molecule has 1 atom stereocenters. The Labute approximate surface area is 178 Å². The maximum absolute atomic E-state index is 12.2. The molecule has 0 aliphatic rings. The van der Waals surface area contributed by atoms with Crippen LogP contribution in [0.2, 0.25) is 0 Å². The standard InChI is InChI=1S/C23H31N3O4/c1-4-17(2)30-21-12-10-19(11-13-21)25-16-22(27)26-20-8-6-18(7-9-20)23(28)24-14-5-15-29-3/h6-13,17,25H,4-5,14-16H2,1-3H3,(H,24,28)(H,26,27). The Kier molecular flexibility index (Phi) is 9.67. The van der Waals surface area contributed by atoms with Crippen LogP contribution in [0, 0.1) is 0 Å². The summed E-state index contributed by atoms with van der Waals surface area (Å²) in [6.45, 7) is 5.40. The van der Waals surface area contributed by atoms with Crippen molar-refractivity contribution in [3.63, 3.8) is 0 Å². The molecule has 0 aliphatic carbocycles. The van der Waals surface area contributed by atoms with Crippen molar-refractivity contribution in [1.29, 1.82) is 0 Å². The van der Waals surface area contributed by atoms with Crippen molar-refractivity contribution in [2.75, 3.05) is 37.4 Å². The number of ether oxygens (including phenoxy) is 2. The molecule has 2 rings (SSSR count). The van der Waals surface area contributed by atoms with Gasteiger partial charge in [0.05, 0.1) is 12.6 Å². The molecule has 0 saturated heterocycles. The third-order valence-electron chi connectivity index (χ3n) is 4.46. The van der Waals surface area contributed by atoms with Gasteiger partial charge in [-0.1, -0.05) is 6.92 Å². The number of rotatable bonds is 12. The number of amides is 2. The molecule has 2 amide bonds. The summed E-state index contributed by atoms with van der Waals surface area (Å²) in [6.07, 6.45) is 1.87. The average Bonchev–Trinajstić information content (AvgIpc) is 2.76. The molecule has 0 radical (unpaired) electrons. The lowest BCUT2D eigenvalue weighted by Gasteiger charge is -2.13. The zero-order chi connectivity index (χ0) is 21.8. The van der Waals surface area contributed by atoms with Crippen molar-refractivity contribution in [3.8, 4) is 5.75 Å². The van der Waals surface area contributed by atoms with E-state index in [0.717, 1.165) is 24.3 Å². The minimum atomic E-state index is -0.174. The molecule has 0 spiro atoms. The van der Waals surface area contributed by atoms with Gasteiger partial charge in [0, 0.05) is 37.2 Å². The van der Waals surface area contributed by atoms with Crippen molar-refractivity contribution in [3.05, 3.63) is 54.1 Å². The highest BCUT2D eigenvalue weighted by Crippen LogP contribution is 2.17. The van der Waals surface area contributed by atoms with E-state index in [9.17, 15) is 9.59 Å². The maximum atomic E-state index is 12.2. The Morgan fingerprint density at radius 2 is 1.67 bits per heavy atom. The molecule has 0 saturated carbocycles. The van der Waals surface area contributed by atoms with Gasteiger partial charge in [-0.2, -0.15) is 0 Å². The van der Waals surface area contributed by atoms with Gasteiger partial charge < -0.3 is 25.4 Å². The van der Waals surface area contributed by atoms with Gasteiger partial charge in [-0.05, 0) is 68.3 Å². The van der Waals surface area contributed by atoms with Crippen LogP contribution in [0.15, 0.2) is 48.5 Å². The van der Waals surface area contributed by atoms with Crippen LogP contribution in [0.25, 0.3) is 0 Å². The number of methoxy groups -OCH3 is 1. The summed E-state index contributed by atoms with van der Waals surface area (Å²) in [6, 6.07) is 14.3. The molecule has 2 aromatic carbocycles. The van der Waals surface area contributed by atoms with E-state index in [1.54, 1.807) is 31.4 Å². The fourth-order valence-corrected chi connectivity index (χ4v) is 2.58. The minimum absolute atomic E-state index is 0.132. The summed E-state index contributed by atoms with van der Waals surface area (Å²) in [5.41, 5.74) is 2.01. The molecule has 2 aromatic rings. The SMILES string of the molecule is CCC(C)Oc1ccc(NCC(=O)Nc2ccc(C(=O)NCCCOC)cc2)cc1. The molecule has 7 heteroatoms. The van der Waals surface area contributed by atoms with E-state index in [2.05, 4.69) is 22.9 Å². The second kappa shape index (κ2) is 12.5. The second-order valence-electron chi connectivity index (χ2n) is 6.94. The number of hydrogen-bond donors (Lipinski definition) is 3. The van der Waals surface area contributed by atoms with E-state index in [0.29, 0.717) is 24.4 Å². The lowest BCUT2D eigenvalue weighted by atomic mass is 10.2. The smallest absolute Gasteiger partial charge is 0.251 e. The zero-order valence-electron chi connectivity index (χ0n) is 17.9. The lowest BCUT2D eigenvalue weighted by Crippen LogP contribution is -2.25. The van der Waals surface area contributed by atoms with Crippen LogP contribution in [0.4, 0.5) is 11.4 Å². The van der Waals surface area contributed by atoms with E-state index < -0.39 is 0 Å². The molecule has 0 aromatic heterocycles. The molecule has 1 unspecified atom stereocenters. The van der Waals surface area contributed by atoms with Gasteiger partial charge in [0.2, 0.25) is 5.91 Å². The number of hydrogen-bond acceptors (Lipinski definition) is 5. The van der Waals surface area contributed by atoms with Crippen molar-refractivity contribution in [2.24, 2.45) is 0 Å². The van der Waals surface area contributed by atoms with Gasteiger partial charge in [0.1, 0.15) is 5.75 Å². The molecule has 0 bridgehead atoms. The largest absolute Gasteiger partial charge is 0.491 e. The summed E-state index contributed by atoms with van der Waals surface area (Å²) in [4.78, 5) is 24.2. The number of carbonyl (C=O) groups excluding carboxylic acids is 2. The van der Waals surface area contributed by atoms with Gasteiger partial charge in [-0.25, -0.2) is 0 Å². The highest BCUT2D eigenvalue weighted by molar-refractivity contribution is 5.96. The molecular formula is C23H31N3O4. The second-order valence-corrected chi connectivity index (χ2v) is 6.94. The molecular weight excluding hydrogens is 382 g/mol. The molecule has 162 valence electrons. The molecule has 3 N–H and O–H groups in total. The third-order valence-corrected chi connectivity index (χ3v) is 4.46. The molecule has 0 aliphatic heterocycles. The van der Waals surface area contributed by atoms with Crippen molar-refractivity contribution in [2.45, 2.75) is 32.8 Å². The van der Waals surface area contributed by atoms with Gasteiger partial charge in [0.25, 0.3) is 5.91 Å². The number of nitrogens with one attached hydrogen (secondary N) is 3. The van der Waals surface area contributed by atoms with E-state index >= 15 is 0 Å². The Morgan fingerprint density at radius 1 is 1.00 bits per heavy atom. The highest BCUT2D eigenvalue weighted by Gasteiger charge is 2.07. The molecule has 30 heavy (non-hydrogen) atoms. The first kappa shape index (κ1) is 23.2. The lowest BCUT2D eigenvalue weighted by molar-refractivity contribution is -0.114. The third kappa shape index (κ3) is 8.13. The van der Waals surface area contributed by atoms with E-state index in [1.165, 1.54) is 0 Å². The van der Waals surface area contributed by atoms with Gasteiger partial charge in [-0.15, -0.1) is 0 Å². The monoisotopic (exact) mass is 413 g/mol. The number of carbonyl (C=O) groups is 2. The van der Waals surface area contributed by atoms with Crippen LogP contribution in [-0.2, 0) is 9.53 Å². The fourth-order valence-electron chi connectivity index (χ4n) is 2.58. The first-order valence-corrected chi connectivity index (χ1v) is 10.2. The first-order chi connectivity index (χ1) is 14.5. The highest BCUT2D eigenvalue weighted by atomic mass is 16.5. The number of benzene rings is 2. The predicted octanol–water partition coefficient (Wildman–Crippen LogP) is 3.68. The van der Waals surface area contributed by atoms with Crippen molar-refractivity contribution in [1.82, 2.24) is 5.32 Å². The number of anilines is 2. The summed E-state index contributed by atoms with van der Waals surface area (Å²) in [5.74, 6) is 0.486. The zero-order valence-corrected chi connectivity index (χ0v) is 17.9. The van der Waals surface area contributed by atoms with Crippen molar-refractivity contribution < 1.29 is 19.1 Å². The van der Waals surface area contributed by atoms with Crippen LogP contribution in [0.1, 0.15) is 37.0 Å². The topological polar surface area (TPSA) is 88.7 Å². The summed E-state index contributed by atoms with van der Waals surface area (Å²) in [5, 5.41) is 8.71.